The molecule has 0 spiro atoms. The van der Waals surface area contributed by atoms with Gasteiger partial charge in [0, 0.05) is 18.4 Å². The molecule has 30 heavy (non-hydrogen) atoms. The van der Waals surface area contributed by atoms with Crippen molar-refractivity contribution in [3.8, 4) is 5.88 Å². The van der Waals surface area contributed by atoms with Gasteiger partial charge in [0.15, 0.2) is 15.6 Å². The van der Waals surface area contributed by atoms with Crippen molar-refractivity contribution in [2.75, 3.05) is 12.9 Å². The van der Waals surface area contributed by atoms with Crippen LogP contribution in [0.1, 0.15) is 74.5 Å². The van der Waals surface area contributed by atoms with Crippen molar-refractivity contribution in [1.82, 2.24) is 9.78 Å². The van der Waals surface area contributed by atoms with E-state index in [0.29, 0.717) is 41.3 Å². The SMILES string of the molecule is CCCCn1ncc(C(=O)c2ccc(S(C)(=O)=O)c(C(C)=C(C)C)c2C)c1OCC. The molecule has 0 aliphatic carbocycles. The maximum Gasteiger partial charge on any atom is 0.223 e. The van der Waals surface area contributed by atoms with E-state index < -0.39 is 9.84 Å². The molecule has 6 nitrogen and oxygen atoms in total. The number of carbonyl (C=O) groups is 1. The van der Waals surface area contributed by atoms with E-state index in [1.807, 2.05) is 27.7 Å². The van der Waals surface area contributed by atoms with Crippen molar-refractivity contribution < 1.29 is 17.9 Å². The highest BCUT2D eigenvalue weighted by atomic mass is 32.2. The third-order valence-electron chi connectivity index (χ3n) is 5.24. The number of ketones is 1. The number of hydrogen-bond acceptors (Lipinski definition) is 5. The van der Waals surface area contributed by atoms with Gasteiger partial charge in [-0.1, -0.05) is 18.9 Å². The summed E-state index contributed by atoms with van der Waals surface area (Å²) < 4.78 is 32.3. The summed E-state index contributed by atoms with van der Waals surface area (Å²) in [6.07, 6.45) is 4.67. The number of allylic oxidation sites excluding steroid dienone is 2. The van der Waals surface area contributed by atoms with Crippen LogP contribution in [0.2, 0.25) is 0 Å². The summed E-state index contributed by atoms with van der Waals surface area (Å²) in [6.45, 7) is 12.6. The Morgan fingerprint density at radius 3 is 2.33 bits per heavy atom. The molecule has 2 rings (SSSR count). The quantitative estimate of drug-likeness (QED) is 0.530. The predicted molar refractivity (Wildman–Crippen MR) is 120 cm³/mol. The Kier molecular flexibility index (Phi) is 7.64. The minimum Gasteiger partial charge on any atom is -0.478 e. The lowest BCUT2D eigenvalue weighted by Gasteiger charge is -2.17. The number of carbonyl (C=O) groups excluding carboxylic acids is 1. The monoisotopic (exact) mass is 432 g/mol. The number of aryl methyl sites for hydroxylation is 1. The Hall–Kier alpha value is -2.41. The number of ether oxygens (including phenoxy) is 1. The van der Waals surface area contributed by atoms with Crippen LogP contribution in [0.25, 0.3) is 5.57 Å². The lowest BCUT2D eigenvalue weighted by atomic mass is 9.91. The standard InChI is InChI=1S/C23H32N2O4S/c1-8-10-13-25-23(29-9-2)19(14-24-25)22(26)18-11-12-20(30(7,27)28)21(17(18)6)16(5)15(3)4/h11-12,14H,8-10,13H2,1-7H3. The molecule has 2 aromatic rings. The highest BCUT2D eigenvalue weighted by Crippen LogP contribution is 2.33. The molecule has 0 radical (unpaired) electrons. The summed E-state index contributed by atoms with van der Waals surface area (Å²) in [5.74, 6) is 0.240. The van der Waals surface area contributed by atoms with Crippen molar-refractivity contribution in [3.05, 3.63) is 46.2 Å². The van der Waals surface area contributed by atoms with Gasteiger partial charge in [0.25, 0.3) is 0 Å². The Morgan fingerprint density at radius 2 is 1.80 bits per heavy atom. The first-order valence-electron chi connectivity index (χ1n) is 10.3. The second kappa shape index (κ2) is 9.60. The van der Waals surface area contributed by atoms with E-state index >= 15 is 0 Å². The van der Waals surface area contributed by atoms with Gasteiger partial charge in [0.1, 0.15) is 5.56 Å². The van der Waals surface area contributed by atoms with Gasteiger partial charge in [-0.15, -0.1) is 0 Å². The smallest absolute Gasteiger partial charge is 0.223 e. The molecule has 1 heterocycles. The Morgan fingerprint density at radius 1 is 1.13 bits per heavy atom. The van der Waals surface area contributed by atoms with Crippen LogP contribution < -0.4 is 4.74 Å². The van der Waals surface area contributed by atoms with Gasteiger partial charge >= 0.3 is 0 Å². The number of aromatic nitrogens is 2. The van der Waals surface area contributed by atoms with Crippen LogP contribution in [0.3, 0.4) is 0 Å². The third kappa shape index (κ3) is 4.83. The zero-order chi connectivity index (χ0) is 22.6. The molecular weight excluding hydrogens is 400 g/mol. The molecule has 0 aliphatic rings. The van der Waals surface area contributed by atoms with Gasteiger partial charge < -0.3 is 4.74 Å². The van der Waals surface area contributed by atoms with Crippen LogP contribution in [-0.4, -0.2) is 36.8 Å². The molecule has 0 atom stereocenters. The fourth-order valence-electron chi connectivity index (χ4n) is 3.39. The fourth-order valence-corrected chi connectivity index (χ4v) is 4.38. The Balaban J connectivity index is 2.69. The average Bonchev–Trinajstić information content (AvgIpc) is 3.07. The minimum atomic E-state index is -3.45. The molecule has 0 N–H and O–H groups in total. The minimum absolute atomic E-state index is 0.221. The molecule has 0 aliphatic heterocycles. The molecule has 1 aromatic carbocycles. The summed E-state index contributed by atoms with van der Waals surface area (Å²) in [5, 5.41) is 4.36. The summed E-state index contributed by atoms with van der Waals surface area (Å²) in [7, 11) is -3.45. The molecular formula is C23H32N2O4S. The van der Waals surface area contributed by atoms with Crippen LogP contribution in [0.5, 0.6) is 5.88 Å². The van der Waals surface area contributed by atoms with E-state index in [1.165, 1.54) is 12.3 Å². The summed E-state index contributed by atoms with van der Waals surface area (Å²) in [6, 6.07) is 3.12. The van der Waals surface area contributed by atoms with Gasteiger partial charge in [-0.3, -0.25) is 4.79 Å². The molecule has 0 amide bonds. The summed E-state index contributed by atoms with van der Waals surface area (Å²) in [4.78, 5) is 13.7. The van der Waals surface area contributed by atoms with Gasteiger partial charge in [0.2, 0.25) is 5.88 Å². The lowest BCUT2D eigenvalue weighted by molar-refractivity contribution is 0.103. The number of hydrogen-bond donors (Lipinski definition) is 0. The van der Waals surface area contributed by atoms with Crippen molar-refractivity contribution in [1.29, 1.82) is 0 Å². The first kappa shape index (κ1) is 23.9. The van der Waals surface area contributed by atoms with Gasteiger partial charge in [-0.25, -0.2) is 13.1 Å². The lowest BCUT2D eigenvalue weighted by Crippen LogP contribution is -2.12. The van der Waals surface area contributed by atoms with Crippen molar-refractivity contribution >= 4 is 21.2 Å². The predicted octanol–water partition coefficient (Wildman–Crippen LogP) is 4.84. The number of nitrogens with zero attached hydrogens (tertiary/aromatic N) is 2. The molecule has 0 fully saturated rings. The molecule has 0 saturated carbocycles. The van der Waals surface area contributed by atoms with Crippen LogP contribution in [0.4, 0.5) is 0 Å². The topological polar surface area (TPSA) is 78.3 Å². The number of rotatable bonds is 9. The van der Waals surface area contributed by atoms with Crippen LogP contribution in [0.15, 0.2) is 28.8 Å². The zero-order valence-corrected chi connectivity index (χ0v) is 19.8. The van der Waals surface area contributed by atoms with Crippen LogP contribution in [0, 0.1) is 6.92 Å². The molecule has 0 saturated heterocycles. The normalized spacial score (nSPS) is 11.4. The molecule has 0 bridgehead atoms. The average molecular weight is 433 g/mol. The highest BCUT2D eigenvalue weighted by molar-refractivity contribution is 7.90. The molecule has 7 heteroatoms. The summed E-state index contributed by atoms with van der Waals surface area (Å²) in [5.41, 5.74) is 3.93. The van der Waals surface area contributed by atoms with E-state index in [0.717, 1.165) is 24.0 Å². The van der Waals surface area contributed by atoms with E-state index in [-0.39, 0.29) is 10.7 Å². The van der Waals surface area contributed by atoms with Crippen LogP contribution >= 0.6 is 0 Å². The van der Waals surface area contributed by atoms with E-state index in [9.17, 15) is 13.2 Å². The molecule has 0 unspecified atom stereocenters. The zero-order valence-electron chi connectivity index (χ0n) is 19.0. The fraction of sp³-hybridized carbons (Fsp3) is 0.478. The van der Waals surface area contributed by atoms with Crippen LogP contribution in [-0.2, 0) is 16.4 Å². The van der Waals surface area contributed by atoms with Gasteiger partial charge in [-0.2, -0.15) is 5.10 Å². The number of sulfone groups is 1. The Bertz CT molecular complexity index is 1070. The summed E-state index contributed by atoms with van der Waals surface area (Å²) >= 11 is 0. The van der Waals surface area contributed by atoms with Crippen molar-refractivity contribution in [2.45, 2.75) is 65.8 Å². The number of unbranched alkanes of at least 4 members (excludes halogenated alkanes) is 1. The number of benzene rings is 1. The second-order valence-electron chi connectivity index (χ2n) is 7.71. The molecule has 164 valence electrons. The van der Waals surface area contributed by atoms with E-state index in [4.69, 9.17) is 4.74 Å². The maximum absolute atomic E-state index is 13.5. The van der Waals surface area contributed by atoms with Gasteiger partial charge in [0.05, 0.1) is 17.7 Å². The van der Waals surface area contributed by atoms with E-state index in [1.54, 1.807) is 23.9 Å². The Labute approximate surface area is 179 Å². The second-order valence-corrected chi connectivity index (χ2v) is 9.69. The van der Waals surface area contributed by atoms with Gasteiger partial charge in [-0.05, 0) is 69.9 Å². The third-order valence-corrected chi connectivity index (χ3v) is 6.38. The molecule has 1 aromatic heterocycles. The van der Waals surface area contributed by atoms with Crippen molar-refractivity contribution in [3.63, 3.8) is 0 Å². The first-order chi connectivity index (χ1) is 14.0. The maximum atomic E-state index is 13.5. The highest BCUT2D eigenvalue weighted by Gasteiger charge is 2.26. The van der Waals surface area contributed by atoms with Crippen molar-refractivity contribution in [2.24, 2.45) is 0 Å². The largest absolute Gasteiger partial charge is 0.478 e. The van der Waals surface area contributed by atoms with E-state index in [2.05, 4.69) is 12.0 Å². The first-order valence-corrected chi connectivity index (χ1v) is 12.1.